The van der Waals surface area contributed by atoms with Crippen molar-refractivity contribution in [1.82, 2.24) is 15.0 Å². The summed E-state index contributed by atoms with van der Waals surface area (Å²) in [7, 11) is 1.68. The van der Waals surface area contributed by atoms with Crippen LogP contribution in [-0.2, 0) is 11.3 Å². The van der Waals surface area contributed by atoms with Gasteiger partial charge in [0.2, 0.25) is 11.7 Å². The predicted octanol–water partition coefficient (Wildman–Crippen LogP) is 1.23. The van der Waals surface area contributed by atoms with Gasteiger partial charge in [0.25, 0.3) is 0 Å². The van der Waals surface area contributed by atoms with E-state index < -0.39 is 12.0 Å². The van der Waals surface area contributed by atoms with Crippen LogP contribution in [0.5, 0.6) is 0 Å². The summed E-state index contributed by atoms with van der Waals surface area (Å²) in [4.78, 5) is 16.5. The molecular formula is C11H13N3O4. The molecule has 0 aromatic carbocycles. The van der Waals surface area contributed by atoms with E-state index in [0.29, 0.717) is 17.5 Å². The minimum Gasteiger partial charge on any atom is -0.480 e. The molecule has 0 aliphatic carbocycles. The van der Waals surface area contributed by atoms with Crippen LogP contribution in [0, 0.1) is 0 Å². The lowest BCUT2D eigenvalue weighted by atomic mass is 10.3. The molecule has 0 saturated carbocycles. The topological polar surface area (TPSA) is 92.6 Å². The maximum absolute atomic E-state index is 10.8. The van der Waals surface area contributed by atoms with Gasteiger partial charge in [0.05, 0.1) is 12.8 Å². The van der Waals surface area contributed by atoms with Gasteiger partial charge in [-0.15, -0.1) is 0 Å². The number of carboxylic acids is 1. The lowest BCUT2D eigenvalue weighted by Gasteiger charge is -2.18. The molecule has 0 fully saturated rings. The number of hydrogen-bond acceptors (Lipinski definition) is 6. The Morgan fingerprint density at radius 3 is 3.00 bits per heavy atom. The van der Waals surface area contributed by atoms with Crippen molar-refractivity contribution < 1.29 is 18.8 Å². The predicted molar refractivity (Wildman–Crippen MR) is 60.6 cm³/mol. The van der Waals surface area contributed by atoms with E-state index in [1.165, 1.54) is 6.26 Å². The molecule has 2 aromatic heterocycles. The van der Waals surface area contributed by atoms with Crippen LogP contribution in [0.4, 0.5) is 0 Å². The van der Waals surface area contributed by atoms with Crippen LogP contribution in [-0.4, -0.2) is 39.2 Å². The number of rotatable bonds is 5. The van der Waals surface area contributed by atoms with E-state index in [0.717, 1.165) is 0 Å². The first kappa shape index (κ1) is 12.3. The fourth-order valence-electron chi connectivity index (χ4n) is 1.36. The number of aromatic nitrogens is 2. The highest BCUT2D eigenvalue weighted by molar-refractivity contribution is 5.72. The Bertz CT molecular complexity index is 520. The number of carbonyl (C=O) groups is 1. The molecule has 18 heavy (non-hydrogen) atoms. The summed E-state index contributed by atoms with van der Waals surface area (Å²) in [6.07, 6.45) is 1.52. The third-order valence-corrected chi connectivity index (χ3v) is 2.61. The monoisotopic (exact) mass is 251 g/mol. The van der Waals surface area contributed by atoms with Gasteiger partial charge in [-0.2, -0.15) is 4.98 Å². The maximum atomic E-state index is 10.8. The number of carboxylic acid groups (broad SMARTS) is 1. The zero-order chi connectivity index (χ0) is 13.1. The zero-order valence-corrected chi connectivity index (χ0v) is 10.0. The van der Waals surface area contributed by atoms with E-state index in [9.17, 15) is 4.79 Å². The van der Waals surface area contributed by atoms with Gasteiger partial charge < -0.3 is 14.0 Å². The van der Waals surface area contributed by atoms with E-state index >= 15 is 0 Å². The van der Waals surface area contributed by atoms with Crippen LogP contribution in [0.1, 0.15) is 12.8 Å². The number of furan rings is 1. The first-order valence-corrected chi connectivity index (χ1v) is 5.37. The standard InChI is InChI=1S/C11H13N3O4/c1-7(11(15)16)14(2)6-9-12-10(13-18-9)8-4-3-5-17-8/h3-5,7H,6H2,1-2H3,(H,15,16). The molecule has 0 aliphatic rings. The Kier molecular flexibility index (Phi) is 3.42. The Labute approximate surface area is 103 Å². The molecule has 0 spiro atoms. The van der Waals surface area contributed by atoms with Gasteiger partial charge in [0.1, 0.15) is 6.04 Å². The Morgan fingerprint density at radius 2 is 2.39 bits per heavy atom. The maximum Gasteiger partial charge on any atom is 0.320 e. The molecule has 0 radical (unpaired) electrons. The molecule has 0 amide bonds. The van der Waals surface area contributed by atoms with E-state index in [-0.39, 0.29) is 6.54 Å². The molecule has 0 bridgehead atoms. The summed E-state index contributed by atoms with van der Waals surface area (Å²) in [6, 6.07) is 2.83. The quantitative estimate of drug-likeness (QED) is 0.854. The summed E-state index contributed by atoms with van der Waals surface area (Å²) in [5.74, 6) is 0.311. The third kappa shape index (κ3) is 2.57. The number of nitrogens with zero attached hydrogens (tertiary/aromatic N) is 3. The number of aliphatic carboxylic acids is 1. The fraction of sp³-hybridized carbons (Fsp3) is 0.364. The summed E-state index contributed by atoms with van der Waals surface area (Å²) in [6.45, 7) is 1.85. The summed E-state index contributed by atoms with van der Waals surface area (Å²) >= 11 is 0. The minimum atomic E-state index is -0.900. The van der Waals surface area contributed by atoms with Crippen LogP contribution in [0.25, 0.3) is 11.6 Å². The largest absolute Gasteiger partial charge is 0.480 e. The van der Waals surface area contributed by atoms with Gasteiger partial charge in [0.15, 0.2) is 5.76 Å². The van der Waals surface area contributed by atoms with Gasteiger partial charge >= 0.3 is 5.97 Å². The molecule has 1 atom stereocenters. The highest BCUT2D eigenvalue weighted by Crippen LogP contribution is 2.16. The van der Waals surface area contributed by atoms with E-state index in [2.05, 4.69) is 10.1 Å². The van der Waals surface area contributed by atoms with Crippen molar-refractivity contribution in [3.8, 4) is 11.6 Å². The second kappa shape index (κ2) is 5.01. The smallest absolute Gasteiger partial charge is 0.320 e. The Hall–Kier alpha value is -2.15. The van der Waals surface area contributed by atoms with Crippen LogP contribution in [0.2, 0.25) is 0 Å². The van der Waals surface area contributed by atoms with Crippen LogP contribution in [0.15, 0.2) is 27.3 Å². The first-order valence-electron chi connectivity index (χ1n) is 5.37. The van der Waals surface area contributed by atoms with Crippen molar-refractivity contribution in [3.05, 3.63) is 24.3 Å². The highest BCUT2D eigenvalue weighted by atomic mass is 16.5. The van der Waals surface area contributed by atoms with E-state index in [4.69, 9.17) is 14.0 Å². The SMILES string of the molecule is CC(C(=O)O)N(C)Cc1nc(-c2ccco2)no1. The van der Waals surface area contributed by atoms with Crippen LogP contribution < -0.4 is 0 Å². The summed E-state index contributed by atoms with van der Waals surface area (Å²) in [5, 5.41) is 12.6. The van der Waals surface area contributed by atoms with E-state index in [1.54, 1.807) is 31.0 Å². The molecule has 2 rings (SSSR count). The average Bonchev–Trinajstić information content (AvgIpc) is 2.96. The van der Waals surface area contributed by atoms with Gasteiger partial charge in [-0.3, -0.25) is 9.69 Å². The molecule has 0 saturated heterocycles. The average molecular weight is 251 g/mol. The van der Waals surface area contributed by atoms with Crippen LogP contribution in [0.3, 0.4) is 0 Å². The molecule has 7 nitrogen and oxygen atoms in total. The summed E-state index contributed by atoms with van der Waals surface area (Å²) < 4.78 is 10.2. The normalized spacial score (nSPS) is 12.8. The minimum absolute atomic E-state index is 0.265. The molecule has 2 heterocycles. The molecule has 1 unspecified atom stereocenters. The van der Waals surface area contributed by atoms with E-state index in [1.807, 2.05) is 0 Å². The molecule has 2 aromatic rings. The molecule has 96 valence electrons. The van der Waals surface area contributed by atoms with Crippen molar-refractivity contribution in [2.45, 2.75) is 19.5 Å². The van der Waals surface area contributed by atoms with Gasteiger partial charge in [0, 0.05) is 0 Å². The van der Waals surface area contributed by atoms with Crippen molar-refractivity contribution in [1.29, 1.82) is 0 Å². The van der Waals surface area contributed by atoms with Crippen molar-refractivity contribution in [2.24, 2.45) is 0 Å². The van der Waals surface area contributed by atoms with Crippen molar-refractivity contribution >= 4 is 5.97 Å². The third-order valence-electron chi connectivity index (χ3n) is 2.61. The van der Waals surface area contributed by atoms with Crippen molar-refractivity contribution in [3.63, 3.8) is 0 Å². The van der Waals surface area contributed by atoms with Crippen LogP contribution >= 0.6 is 0 Å². The van der Waals surface area contributed by atoms with Gasteiger partial charge in [-0.1, -0.05) is 5.16 Å². The second-order valence-electron chi connectivity index (χ2n) is 3.92. The highest BCUT2D eigenvalue weighted by Gasteiger charge is 2.19. The lowest BCUT2D eigenvalue weighted by molar-refractivity contribution is -0.142. The van der Waals surface area contributed by atoms with Crippen molar-refractivity contribution in [2.75, 3.05) is 7.05 Å². The fourth-order valence-corrected chi connectivity index (χ4v) is 1.36. The molecule has 7 heteroatoms. The number of hydrogen-bond donors (Lipinski definition) is 1. The molecular weight excluding hydrogens is 238 g/mol. The second-order valence-corrected chi connectivity index (χ2v) is 3.92. The zero-order valence-electron chi connectivity index (χ0n) is 10.0. The number of likely N-dealkylation sites (N-methyl/N-ethyl adjacent to an activating group) is 1. The lowest BCUT2D eigenvalue weighted by Crippen LogP contribution is -2.35. The first-order chi connectivity index (χ1) is 8.58. The van der Waals surface area contributed by atoms with Gasteiger partial charge in [-0.05, 0) is 26.1 Å². The Balaban J connectivity index is 2.05. The Morgan fingerprint density at radius 1 is 1.61 bits per heavy atom. The van der Waals surface area contributed by atoms with Gasteiger partial charge in [-0.25, -0.2) is 0 Å². The summed E-state index contributed by atoms with van der Waals surface area (Å²) in [5.41, 5.74) is 0. The molecule has 1 N–H and O–H groups in total. The molecule has 0 aliphatic heterocycles.